The Balaban J connectivity index is 1.50. The molecule has 0 unspecified atom stereocenters. The van der Waals surface area contributed by atoms with Crippen molar-refractivity contribution in [2.75, 3.05) is 23.7 Å². The van der Waals surface area contributed by atoms with Crippen LogP contribution in [0.5, 0.6) is 11.5 Å². The van der Waals surface area contributed by atoms with E-state index >= 15 is 0 Å². The van der Waals surface area contributed by atoms with E-state index in [-0.39, 0.29) is 53.3 Å². The zero-order chi connectivity index (χ0) is 30.4. The van der Waals surface area contributed by atoms with E-state index in [1.54, 1.807) is 36.4 Å². The van der Waals surface area contributed by atoms with Crippen LogP contribution in [-0.4, -0.2) is 54.7 Å². The molecule has 4 rings (SSSR count). The van der Waals surface area contributed by atoms with Crippen molar-refractivity contribution in [1.29, 1.82) is 0 Å². The Bertz CT molecular complexity index is 1730. The summed E-state index contributed by atoms with van der Waals surface area (Å²) < 4.78 is 46.9. The molecule has 1 amide bonds. The maximum absolute atomic E-state index is 13.6. The van der Waals surface area contributed by atoms with Crippen LogP contribution in [0.25, 0.3) is 10.9 Å². The maximum Gasteiger partial charge on any atom is 0.358 e. The van der Waals surface area contributed by atoms with Crippen molar-refractivity contribution >= 4 is 38.6 Å². The van der Waals surface area contributed by atoms with Gasteiger partial charge in [0.25, 0.3) is 5.91 Å². The first-order chi connectivity index (χ1) is 20.0. The number of aromatic nitrogens is 2. The van der Waals surface area contributed by atoms with E-state index < -0.39 is 33.4 Å². The fraction of sp³-hybridized carbons (Fsp3) is 0.241. The van der Waals surface area contributed by atoms with E-state index in [0.717, 1.165) is 15.9 Å². The standard InChI is InChI=1S/C29H30FN5O6S/c1-18-7-11-21(12-8-18)41-26-24-22(6-5-14-32-24)27(34-25(26)29(37)38)35(2)42(39,40)15-4-3-13-33-28(36)23-16-20(30)10-9-19(23)17-31/h5-12,14,16H,3-4,13,15,17,31H2,1-2H3,(H,33,36)(H,37,38). The highest BCUT2D eigenvalue weighted by Crippen LogP contribution is 2.36. The molecule has 11 nitrogen and oxygen atoms in total. The SMILES string of the molecule is Cc1ccc(Oc2c(C(=O)O)nc(N(C)S(=O)(=O)CCCCNC(=O)c3cc(F)ccc3CN)c3cccnc23)cc1. The van der Waals surface area contributed by atoms with Crippen molar-refractivity contribution in [3.63, 3.8) is 0 Å². The van der Waals surface area contributed by atoms with Crippen molar-refractivity contribution in [3.8, 4) is 11.5 Å². The van der Waals surface area contributed by atoms with Crippen molar-refractivity contribution in [2.45, 2.75) is 26.3 Å². The first-order valence-electron chi connectivity index (χ1n) is 13.0. The molecule has 42 heavy (non-hydrogen) atoms. The number of carbonyl (C=O) groups excluding carboxylic acids is 1. The number of amides is 1. The third-order valence-electron chi connectivity index (χ3n) is 6.51. The van der Waals surface area contributed by atoms with Crippen molar-refractivity contribution in [3.05, 3.63) is 89.0 Å². The lowest BCUT2D eigenvalue weighted by atomic mass is 10.1. The molecule has 13 heteroatoms. The summed E-state index contributed by atoms with van der Waals surface area (Å²) in [5.74, 6) is -2.64. The highest BCUT2D eigenvalue weighted by Gasteiger charge is 2.27. The fourth-order valence-corrected chi connectivity index (χ4v) is 5.46. The zero-order valence-electron chi connectivity index (χ0n) is 23.0. The van der Waals surface area contributed by atoms with Crippen LogP contribution >= 0.6 is 0 Å². The molecule has 220 valence electrons. The molecule has 0 aliphatic heterocycles. The summed E-state index contributed by atoms with van der Waals surface area (Å²) >= 11 is 0. The first-order valence-corrected chi connectivity index (χ1v) is 14.6. The number of pyridine rings is 2. The molecular weight excluding hydrogens is 565 g/mol. The van der Waals surface area contributed by atoms with Crippen LogP contribution in [0, 0.1) is 12.7 Å². The van der Waals surface area contributed by atoms with Crippen LogP contribution in [0.1, 0.15) is 44.8 Å². The third-order valence-corrected chi connectivity index (χ3v) is 8.32. The van der Waals surface area contributed by atoms with Crippen LogP contribution in [-0.2, 0) is 16.6 Å². The first kappa shape index (κ1) is 30.3. The predicted octanol–water partition coefficient (Wildman–Crippen LogP) is 4.00. The molecule has 0 saturated heterocycles. The van der Waals surface area contributed by atoms with Gasteiger partial charge in [-0.15, -0.1) is 0 Å². The Labute approximate surface area is 242 Å². The average Bonchev–Trinajstić information content (AvgIpc) is 2.97. The molecule has 0 saturated carbocycles. The van der Waals surface area contributed by atoms with E-state index in [4.69, 9.17) is 10.5 Å². The Kier molecular flexibility index (Phi) is 9.33. The molecule has 0 spiro atoms. The van der Waals surface area contributed by atoms with Gasteiger partial charge in [0, 0.05) is 37.3 Å². The number of nitrogens with zero attached hydrogens (tertiary/aromatic N) is 3. The summed E-state index contributed by atoms with van der Waals surface area (Å²) in [5.41, 5.74) is 6.87. The number of aryl methyl sites for hydroxylation is 1. The predicted molar refractivity (Wildman–Crippen MR) is 156 cm³/mol. The number of halogens is 1. The number of sulfonamides is 1. The molecule has 0 bridgehead atoms. The van der Waals surface area contributed by atoms with E-state index in [0.29, 0.717) is 17.7 Å². The number of benzene rings is 2. The van der Waals surface area contributed by atoms with Gasteiger partial charge in [0.05, 0.1) is 5.75 Å². The van der Waals surface area contributed by atoms with Crippen molar-refractivity contribution < 1.29 is 32.2 Å². The summed E-state index contributed by atoms with van der Waals surface area (Å²) in [4.78, 5) is 33.1. The minimum absolute atomic E-state index is 0.0640. The number of rotatable bonds is 12. The quantitative estimate of drug-likeness (QED) is 0.205. The number of hydrogen-bond donors (Lipinski definition) is 3. The van der Waals surface area contributed by atoms with Crippen molar-refractivity contribution in [2.24, 2.45) is 5.73 Å². The number of anilines is 1. The highest BCUT2D eigenvalue weighted by molar-refractivity contribution is 7.92. The minimum atomic E-state index is -3.96. The van der Waals surface area contributed by atoms with Gasteiger partial charge in [-0.2, -0.15) is 0 Å². The minimum Gasteiger partial charge on any atom is -0.476 e. The number of carboxylic acid groups (broad SMARTS) is 1. The number of carboxylic acids is 1. The van der Waals surface area contributed by atoms with Gasteiger partial charge < -0.3 is 20.9 Å². The lowest BCUT2D eigenvalue weighted by molar-refractivity contribution is 0.0687. The zero-order valence-corrected chi connectivity index (χ0v) is 23.8. The van der Waals surface area contributed by atoms with E-state index in [1.807, 2.05) is 6.92 Å². The van der Waals surface area contributed by atoms with Gasteiger partial charge in [-0.05, 0) is 61.7 Å². The molecule has 0 fully saturated rings. The van der Waals surface area contributed by atoms with Crippen LogP contribution in [0.2, 0.25) is 0 Å². The van der Waals surface area contributed by atoms with E-state index in [9.17, 15) is 27.5 Å². The van der Waals surface area contributed by atoms with Gasteiger partial charge in [-0.1, -0.05) is 23.8 Å². The van der Waals surface area contributed by atoms with Gasteiger partial charge in [0.2, 0.25) is 10.0 Å². The topological polar surface area (TPSA) is 165 Å². The molecule has 0 radical (unpaired) electrons. The van der Waals surface area contributed by atoms with Gasteiger partial charge >= 0.3 is 5.97 Å². The molecular formula is C29H30FN5O6S. The summed E-state index contributed by atoms with van der Waals surface area (Å²) in [6.07, 6.45) is 1.94. The second kappa shape index (κ2) is 12.9. The number of nitrogens with one attached hydrogen (secondary N) is 1. The second-order valence-electron chi connectivity index (χ2n) is 9.49. The van der Waals surface area contributed by atoms with Crippen LogP contribution in [0.4, 0.5) is 10.2 Å². The monoisotopic (exact) mass is 595 g/mol. The Morgan fingerprint density at radius 2 is 1.86 bits per heavy atom. The number of hydrogen-bond acceptors (Lipinski definition) is 8. The Morgan fingerprint density at radius 1 is 1.12 bits per heavy atom. The Hall–Kier alpha value is -4.62. The Morgan fingerprint density at radius 3 is 2.55 bits per heavy atom. The second-order valence-corrected chi connectivity index (χ2v) is 11.6. The average molecular weight is 596 g/mol. The molecule has 0 aliphatic carbocycles. The summed E-state index contributed by atoms with van der Waals surface area (Å²) in [6.45, 7) is 2.11. The number of carbonyl (C=O) groups is 2. The van der Waals surface area contributed by atoms with Gasteiger partial charge in [0.15, 0.2) is 17.3 Å². The third kappa shape index (κ3) is 6.81. The smallest absolute Gasteiger partial charge is 0.358 e. The largest absolute Gasteiger partial charge is 0.476 e. The lowest BCUT2D eigenvalue weighted by Gasteiger charge is -2.22. The number of aromatic carboxylic acids is 1. The number of nitrogens with two attached hydrogens (primary N) is 1. The molecule has 2 aromatic carbocycles. The van der Waals surface area contributed by atoms with E-state index in [1.165, 1.54) is 25.4 Å². The van der Waals surface area contributed by atoms with Gasteiger partial charge in [0.1, 0.15) is 17.1 Å². The summed E-state index contributed by atoms with van der Waals surface area (Å²) in [5, 5.41) is 12.9. The summed E-state index contributed by atoms with van der Waals surface area (Å²) in [6, 6.07) is 13.9. The molecule has 4 aromatic rings. The molecule has 2 heterocycles. The van der Waals surface area contributed by atoms with Crippen LogP contribution in [0.3, 0.4) is 0 Å². The maximum atomic E-state index is 13.6. The van der Waals surface area contributed by atoms with Gasteiger partial charge in [-0.3, -0.25) is 14.1 Å². The number of unbranched alkanes of at least 4 members (excludes halogenated alkanes) is 1. The fourth-order valence-electron chi connectivity index (χ4n) is 4.21. The number of fused-ring (bicyclic) bond motifs is 1. The van der Waals surface area contributed by atoms with Gasteiger partial charge in [-0.25, -0.2) is 22.6 Å². The molecule has 0 atom stereocenters. The highest BCUT2D eigenvalue weighted by atomic mass is 32.2. The lowest BCUT2D eigenvalue weighted by Crippen LogP contribution is -2.31. The summed E-state index contributed by atoms with van der Waals surface area (Å²) in [7, 11) is -2.67. The van der Waals surface area contributed by atoms with Crippen LogP contribution in [0.15, 0.2) is 60.8 Å². The molecule has 4 N–H and O–H groups in total. The van der Waals surface area contributed by atoms with E-state index in [2.05, 4.69) is 15.3 Å². The molecule has 2 aromatic heterocycles. The number of ether oxygens (including phenoxy) is 1. The molecule has 0 aliphatic rings. The van der Waals surface area contributed by atoms with Crippen LogP contribution < -0.4 is 20.1 Å². The normalized spacial score (nSPS) is 11.3. The van der Waals surface area contributed by atoms with Crippen molar-refractivity contribution in [1.82, 2.24) is 15.3 Å².